The van der Waals surface area contributed by atoms with Crippen LogP contribution < -0.4 is 0 Å². The second-order valence-electron chi connectivity index (χ2n) is 9.19. The first kappa shape index (κ1) is 25.2. The minimum atomic E-state index is -1.17. The second-order valence-corrected chi connectivity index (χ2v) is 9.19. The lowest BCUT2D eigenvalue weighted by molar-refractivity contribution is -0.00181. The fourth-order valence-electron chi connectivity index (χ4n) is 4.78. The van der Waals surface area contributed by atoms with Crippen molar-refractivity contribution in [3.63, 3.8) is 0 Å². The van der Waals surface area contributed by atoms with Gasteiger partial charge >= 0.3 is 0 Å². The van der Waals surface area contributed by atoms with E-state index in [1.807, 2.05) is 24.3 Å². The molecule has 0 radical (unpaired) electrons. The molecule has 1 heterocycles. The molecule has 1 saturated heterocycles. The Morgan fingerprint density at radius 1 is 0.829 bits per heavy atom. The van der Waals surface area contributed by atoms with E-state index in [2.05, 4.69) is 13.5 Å². The van der Waals surface area contributed by atoms with E-state index in [1.54, 1.807) is 6.08 Å². The van der Waals surface area contributed by atoms with E-state index in [1.165, 1.54) is 24.3 Å². The fraction of sp³-hybridized carbons (Fsp3) is 0.333. The summed E-state index contributed by atoms with van der Waals surface area (Å²) in [6.45, 7) is 6.12. The van der Waals surface area contributed by atoms with Gasteiger partial charge in [-0.15, -0.1) is 0 Å². The first-order valence-corrected chi connectivity index (χ1v) is 12.2. The largest absolute Gasteiger partial charge is 0.378 e. The third kappa shape index (κ3) is 5.51. The highest BCUT2D eigenvalue weighted by Gasteiger charge is 2.27. The predicted molar refractivity (Wildman–Crippen MR) is 132 cm³/mol. The molecule has 1 fully saturated rings. The molecule has 0 bridgehead atoms. The van der Waals surface area contributed by atoms with Gasteiger partial charge < -0.3 is 4.74 Å². The summed E-state index contributed by atoms with van der Waals surface area (Å²) in [5, 5.41) is 0. The summed E-state index contributed by atoms with van der Waals surface area (Å²) in [6.07, 6.45) is 6.15. The Morgan fingerprint density at radius 3 is 2.14 bits per heavy atom. The number of hydrogen-bond donors (Lipinski definition) is 0. The SMILES string of the molecule is C=Cc1ccc(CCc2ccc(-c3ccc(C4CCC(CCC)OC4)c(F)c3F)c(F)c2F)cc1. The number of ether oxygens (including phenoxy) is 1. The number of rotatable bonds is 8. The Balaban J connectivity index is 1.52. The topological polar surface area (TPSA) is 9.23 Å². The lowest BCUT2D eigenvalue weighted by Crippen LogP contribution is -2.25. The average Bonchev–Trinajstić information content (AvgIpc) is 2.88. The molecule has 0 aromatic heterocycles. The lowest BCUT2D eigenvalue weighted by Gasteiger charge is -2.29. The maximum atomic E-state index is 15.0. The summed E-state index contributed by atoms with van der Waals surface area (Å²) in [7, 11) is 0. The fourth-order valence-corrected chi connectivity index (χ4v) is 4.78. The van der Waals surface area contributed by atoms with E-state index in [0.717, 1.165) is 30.4 Å². The van der Waals surface area contributed by atoms with Gasteiger partial charge in [-0.25, -0.2) is 17.6 Å². The van der Waals surface area contributed by atoms with Crippen LogP contribution in [-0.2, 0) is 17.6 Å². The summed E-state index contributed by atoms with van der Waals surface area (Å²) in [5.41, 5.74) is 1.81. The molecule has 0 N–H and O–H groups in total. The minimum Gasteiger partial charge on any atom is -0.378 e. The summed E-state index contributed by atoms with van der Waals surface area (Å²) in [4.78, 5) is 0. The molecule has 184 valence electrons. The molecule has 2 unspecified atom stereocenters. The Bertz CT molecular complexity index is 1180. The Labute approximate surface area is 204 Å². The van der Waals surface area contributed by atoms with Gasteiger partial charge in [0.2, 0.25) is 0 Å². The minimum absolute atomic E-state index is 0.158. The van der Waals surface area contributed by atoms with E-state index < -0.39 is 23.3 Å². The summed E-state index contributed by atoms with van der Waals surface area (Å²) in [5.74, 6) is -4.63. The van der Waals surface area contributed by atoms with Crippen LogP contribution in [0, 0.1) is 23.3 Å². The van der Waals surface area contributed by atoms with Crippen molar-refractivity contribution in [1.82, 2.24) is 0 Å². The molecule has 1 nitrogen and oxygen atoms in total. The van der Waals surface area contributed by atoms with E-state index >= 15 is 4.39 Å². The van der Waals surface area contributed by atoms with Crippen LogP contribution in [0.25, 0.3) is 17.2 Å². The highest BCUT2D eigenvalue weighted by Crippen LogP contribution is 2.36. The van der Waals surface area contributed by atoms with Gasteiger partial charge in [-0.05, 0) is 54.4 Å². The third-order valence-corrected chi connectivity index (χ3v) is 6.88. The Hall–Kier alpha value is -2.92. The highest BCUT2D eigenvalue weighted by atomic mass is 19.2. The molecule has 0 aliphatic carbocycles. The standard InChI is InChI=1S/C30H30F4O/c1-3-5-23-14-12-22(18-35-23)24-16-17-26(30(34)28(24)32)25-15-13-21(27(31)29(25)33)11-10-20-8-6-19(4-2)7-9-20/h4,6-9,13,15-17,22-23H,2-3,5,10-12,14,18H2,1H3. The van der Waals surface area contributed by atoms with Crippen molar-refractivity contribution in [2.75, 3.05) is 6.61 Å². The predicted octanol–water partition coefficient (Wildman–Crippen LogP) is 8.40. The van der Waals surface area contributed by atoms with Gasteiger partial charge in [-0.3, -0.25) is 0 Å². The molecule has 3 aromatic carbocycles. The number of hydrogen-bond acceptors (Lipinski definition) is 1. The molecule has 1 aliphatic heterocycles. The normalized spacial score (nSPS) is 18.0. The van der Waals surface area contributed by atoms with Gasteiger partial charge in [0.05, 0.1) is 12.7 Å². The summed E-state index contributed by atoms with van der Waals surface area (Å²) >= 11 is 0. The number of halogens is 4. The molecule has 0 saturated carbocycles. The van der Waals surface area contributed by atoms with Crippen molar-refractivity contribution in [1.29, 1.82) is 0 Å². The molecule has 1 aliphatic rings. The highest BCUT2D eigenvalue weighted by molar-refractivity contribution is 5.66. The van der Waals surface area contributed by atoms with E-state index in [0.29, 0.717) is 19.4 Å². The first-order valence-electron chi connectivity index (χ1n) is 12.2. The van der Waals surface area contributed by atoms with Gasteiger partial charge in [-0.1, -0.05) is 74.5 Å². The maximum absolute atomic E-state index is 15.0. The van der Waals surface area contributed by atoms with Crippen molar-refractivity contribution in [2.45, 2.75) is 57.5 Å². The van der Waals surface area contributed by atoms with Gasteiger partial charge in [0.15, 0.2) is 23.3 Å². The molecule has 2 atom stereocenters. The van der Waals surface area contributed by atoms with Crippen molar-refractivity contribution in [3.05, 3.63) is 101 Å². The van der Waals surface area contributed by atoms with E-state index in [9.17, 15) is 13.2 Å². The zero-order valence-electron chi connectivity index (χ0n) is 19.9. The number of benzene rings is 3. The maximum Gasteiger partial charge on any atom is 0.167 e. The van der Waals surface area contributed by atoms with Gasteiger partial charge in [-0.2, -0.15) is 0 Å². The zero-order chi connectivity index (χ0) is 24.9. The van der Waals surface area contributed by atoms with Crippen LogP contribution in [0.5, 0.6) is 0 Å². The van der Waals surface area contributed by atoms with Crippen LogP contribution >= 0.6 is 0 Å². The van der Waals surface area contributed by atoms with Crippen LogP contribution in [0.4, 0.5) is 17.6 Å². The lowest BCUT2D eigenvalue weighted by atomic mass is 9.88. The smallest absolute Gasteiger partial charge is 0.167 e. The van der Waals surface area contributed by atoms with Crippen molar-refractivity contribution in [3.8, 4) is 11.1 Å². The molecule has 5 heteroatoms. The Kier molecular flexibility index (Phi) is 8.07. The molecule has 35 heavy (non-hydrogen) atoms. The van der Waals surface area contributed by atoms with Gasteiger partial charge in [0, 0.05) is 17.0 Å². The van der Waals surface area contributed by atoms with E-state index in [-0.39, 0.29) is 40.7 Å². The molecular weight excluding hydrogens is 452 g/mol. The monoisotopic (exact) mass is 482 g/mol. The summed E-state index contributed by atoms with van der Waals surface area (Å²) in [6, 6.07) is 13.2. The Morgan fingerprint density at radius 2 is 1.51 bits per heavy atom. The number of aryl methyl sites for hydroxylation is 2. The van der Waals surface area contributed by atoms with Crippen LogP contribution in [0.3, 0.4) is 0 Å². The van der Waals surface area contributed by atoms with E-state index in [4.69, 9.17) is 4.74 Å². The van der Waals surface area contributed by atoms with Crippen LogP contribution in [0.15, 0.2) is 55.1 Å². The molecule has 4 rings (SSSR count). The molecular formula is C30H30F4O. The van der Waals surface area contributed by atoms with Crippen LogP contribution in [0.1, 0.15) is 60.8 Å². The van der Waals surface area contributed by atoms with Crippen molar-refractivity contribution in [2.24, 2.45) is 0 Å². The van der Waals surface area contributed by atoms with Gasteiger partial charge in [0.1, 0.15) is 0 Å². The van der Waals surface area contributed by atoms with Crippen LogP contribution in [0.2, 0.25) is 0 Å². The second kappa shape index (κ2) is 11.2. The van der Waals surface area contributed by atoms with Crippen molar-refractivity contribution < 1.29 is 22.3 Å². The quantitative estimate of drug-likeness (QED) is 0.293. The molecule has 3 aromatic rings. The molecule has 0 spiro atoms. The van der Waals surface area contributed by atoms with Gasteiger partial charge in [0.25, 0.3) is 0 Å². The molecule has 0 amide bonds. The average molecular weight is 483 g/mol. The first-order chi connectivity index (χ1) is 16.9. The zero-order valence-corrected chi connectivity index (χ0v) is 19.9. The van der Waals surface area contributed by atoms with Crippen LogP contribution in [-0.4, -0.2) is 12.7 Å². The summed E-state index contributed by atoms with van der Waals surface area (Å²) < 4.78 is 65.6. The van der Waals surface area contributed by atoms with Crippen molar-refractivity contribution >= 4 is 6.08 Å². The third-order valence-electron chi connectivity index (χ3n) is 6.88.